The zero-order valence-electron chi connectivity index (χ0n) is 23.4. The number of benzene rings is 3. The van der Waals surface area contributed by atoms with Crippen LogP contribution >= 0.6 is 0 Å². The quantitative estimate of drug-likeness (QED) is 0.226. The summed E-state index contributed by atoms with van der Waals surface area (Å²) in [5, 5.41) is 21.0. The van der Waals surface area contributed by atoms with Crippen LogP contribution in [0.25, 0.3) is 5.76 Å². The van der Waals surface area contributed by atoms with Gasteiger partial charge in [0.05, 0.1) is 49.6 Å². The fourth-order valence-corrected chi connectivity index (χ4v) is 4.75. The topological polar surface area (TPSA) is 109 Å². The Labute approximate surface area is 234 Å². The molecule has 8 heteroatoms. The van der Waals surface area contributed by atoms with Crippen molar-refractivity contribution in [3.63, 3.8) is 0 Å². The van der Waals surface area contributed by atoms with E-state index in [0.717, 1.165) is 5.56 Å². The van der Waals surface area contributed by atoms with Gasteiger partial charge in [-0.05, 0) is 72.0 Å². The Morgan fingerprint density at radius 3 is 2.17 bits per heavy atom. The van der Waals surface area contributed by atoms with Gasteiger partial charge in [0, 0.05) is 5.69 Å². The Kier molecular flexibility index (Phi) is 7.87. The number of nitrogens with zero attached hydrogens (tertiary/aromatic N) is 2. The zero-order chi connectivity index (χ0) is 29.2. The number of Topliss-reactive ketones (excluding diaryl/α,β-unsaturated/α-hetero) is 1. The van der Waals surface area contributed by atoms with Crippen molar-refractivity contribution in [2.75, 3.05) is 25.7 Å². The number of aliphatic hydroxyl groups is 1. The van der Waals surface area contributed by atoms with Gasteiger partial charge in [-0.1, -0.05) is 32.9 Å². The maximum atomic E-state index is 13.7. The molecule has 0 aromatic heterocycles. The van der Waals surface area contributed by atoms with E-state index in [-0.39, 0.29) is 16.7 Å². The lowest BCUT2D eigenvalue weighted by Crippen LogP contribution is -2.29. The lowest BCUT2D eigenvalue weighted by Gasteiger charge is -2.26. The van der Waals surface area contributed by atoms with Gasteiger partial charge < -0.3 is 19.3 Å². The van der Waals surface area contributed by atoms with Gasteiger partial charge in [-0.25, -0.2) is 0 Å². The number of rotatable bonds is 7. The van der Waals surface area contributed by atoms with Crippen LogP contribution in [0.1, 0.15) is 56.0 Å². The molecule has 1 aliphatic heterocycles. The summed E-state index contributed by atoms with van der Waals surface area (Å²) in [4.78, 5) is 28.6. The number of carbonyl (C=O) groups is 2. The second kappa shape index (κ2) is 11.1. The van der Waals surface area contributed by atoms with Gasteiger partial charge in [-0.15, -0.1) is 0 Å². The second-order valence-electron chi connectivity index (χ2n) is 10.3. The van der Waals surface area contributed by atoms with Gasteiger partial charge in [-0.2, -0.15) is 5.26 Å². The van der Waals surface area contributed by atoms with Crippen LogP contribution in [0.2, 0.25) is 0 Å². The van der Waals surface area contributed by atoms with Gasteiger partial charge in [0.2, 0.25) is 0 Å². The van der Waals surface area contributed by atoms with Crippen molar-refractivity contribution in [1.29, 1.82) is 5.26 Å². The molecule has 1 fully saturated rings. The number of nitriles is 1. The molecule has 0 aliphatic carbocycles. The van der Waals surface area contributed by atoms with E-state index in [9.17, 15) is 20.0 Å². The van der Waals surface area contributed by atoms with E-state index in [0.29, 0.717) is 46.2 Å². The summed E-state index contributed by atoms with van der Waals surface area (Å²) in [7, 11) is 3.00. The largest absolute Gasteiger partial charge is 0.507 e. The van der Waals surface area contributed by atoms with E-state index >= 15 is 0 Å². The van der Waals surface area contributed by atoms with Gasteiger partial charge in [0.15, 0.2) is 11.5 Å². The molecule has 1 heterocycles. The summed E-state index contributed by atoms with van der Waals surface area (Å²) in [6.45, 7) is 8.31. The second-order valence-corrected chi connectivity index (χ2v) is 10.3. The van der Waals surface area contributed by atoms with Crippen molar-refractivity contribution in [3.05, 3.63) is 88.5 Å². The molecule has 0 spiro atoms. The van der Waals surface area contributed by atoms with Gasteiger partial charge in [0.1, 0.15) is 11.5 Å². The monoisotopic (exact) mass is 540 g/mol. The first-order valence-electron chi connectivity index (χ1n) is 12.9. The Morgan fingerprint density at radius 2 is 1.60 bits per heavy atom. The van der Waals surface area contributed by atoms with Crippen LogP contribution in [0.4, 0.5) is 5.69 Å². The fourth-order valence-electron chi connectivity index (χ4n) is 4.75. The Balaban J connectivity index is 2.02. The Hall–Kier alpha value is -4.77. The molecule has 8 nitrogen and oxygen atoms in total. The van der Waals surface area contributed by atoms with Gasteiger partial charge in [0.25, 0.3) is 11.7 Å². The molecule has 206 valence electrons. The summed E-state index contributed by atoms with van der Waals surface area (Å²) >= 11 is 0. The van der Waals surface area contributed by atoms with E-state index in [2.05, 4.69) is 6.07 Å². The third kappa shape index (κ3) is 5.10. The number of ketones is 1. The molecule has 40 heavy (non-hydrogen) atoms. The summed E-state index contributed by atoms with van der Waals surface area (Å²) < 4.78 is 16.8. The minimum atomic E-state index is -0.999. The maximum Gasteiger partial charge on any atom is 0.300 e. The van der Waals surface area contributed by atoms with E-state index in [1.54, 1.807) is 54.6 Å². The number of ether oxygens (including phenoxy) is 3. The minimum Gasteiger partial charge on any atom is -0.507 e. The molecule has 1 aliphatic rings. The lowest BCUT2D eigenvalue weighted by atomic mass is 9.85. The third-order valence-corrected chi connectivity index (χ3v) is 6.84. The van der Waals surface area contributed by atoms with E-state index in [1.165, 1.54) is 19.1 Å². The average Bonchev–Trinajstić information content (AvgIpc) is 3.21. The number of methoxy groups -OCH3 is 2. The highest BCUT2D eigenvalue weighted by atomic mass is 16.5. The van der Waals surface area contributed by atoms with E-state index < -0.39 is 17.7 Å². The van der Waals surface area contributed by atoms with Crippen LogP contribution < -0.4 is 19.1 Å². The number of hydrogen-bond donors (Lipinski definition) is 1. The van der Waals surface area contributed by atoms with E-state index in [4.69, 9.17) is 14.2 Å². The molecule has 1 atom stereocenters. The van der Waals surface area contributed by atoms with E-state index in [1.807, 2.05) is 33.8 Å². The summed E-state index contributed by atoms with van der Waals surface area (Å²) in [6.07, 6.45) is 0. The molecule has 4 rings (SSSR count). The van der Waals surface area contributed by atoms with Crippen molar-refractivity contribution >= 4 is 23.1 Å². The number of anilines is 1. The first kappa shape index (κ1) is 28.2. The van der Waals surface area contributed by atoms with Gasteiger partial charge in [-0.3, -0.25) is 14.5 Å². The van der Waals surface area contributed by atoms with Gasteiger partial charge >= 0.3 is 0 Å². The first-order chi connectivity index (χ1) is 19.0. The van der Waals surface area contributed by atoms with Crippen molar-refractivity contribution in [2.24, 2.45) is 0 Å². The molecule has 0 bridgehead atoms. The molecular weight excluding hydrogens is 508 g/mol. The number of amides is 1. The van der Waals surface area contributed by atoms with Crippen LogP contribution in [0.5, 0.6) is 17.2 Å². The summed E-state index contributed by atoms with van der Waals surface area (Å²) in [5.74, 6) is -0.727. The number of hydrogen-bond acceptors (Lipinski definition) is 7. The Morgan fingerprint density at radius 1 is 0.950 bits per heavy atom. The fraction of sp³-hybridized carbons (Fsp3) is 0.281. The standard InChI is InChI=1S/C32H32N2O6/c1-7-40-26-16-20(10-14-25(26)39-6)28-27(29(35)23-17-21(32(2,3)4)11-15-24(23)38-5)30(36)31(37)34(28)22-12-8-19(18-33)9-13-22/h8-17,28,35H,7H2,1-6H3/b29-27+. The van der Waals surface area contributed by atoms with Crippen molar-refractivity contribution in [2.45, 2.75) is 39.2 Å². The highest BCUT2D eigenvalue weighted by Crippen LogP contribution is 2.45. The lowest BCUT2D eigenvalue weighted by molar-refractivity contribution is -0.132. The Bertz CT molecular complexity index is 1530. The molecule has 1 saturated heterocycles. The minimum absolute atomic E-state index is 0.0914. The average molecular weight is 541 g/mol. The predicted octanol–water partition coefficient (Wildman–Crippen LogP) is 5.90. The maximum absolute atomic E-state index is 13.7. The van der Waals surface area contributed by atoms with Crippen molar-refractivity contribution in [3.8, 4) is 23.3 Å². The molecule has 1 N–H and O–H groups in total. The molecular formula is C32H32N2O6. The predicted molar refractivity (Wildman–Crippen MR) is 152 cm³/mol. The highest BCUT2D eigenvalue weighted by molar-refractivity contribution is 6.51. The first-order valence-corrected chi connectivity index (χ1v) is 12.9. The van der Waals surface area contributed by atoms with Crippen molar-refractivity contribution in [1.82, 2.24) is 0 Å². The third-order valence-electron chi connectivity index (χ3n) is 6.84. The molecule has 1 amide bonds. The summed E-state index contributed by atoms with van der Waals surface area (Å²) in [5.41, 5.74) is 2.20. The van der Waals surface area contributed by atoms with Crippen LogP contribution in [-0.2, 0) is 15.0 Å². The molecule has 3 aromatic carbocycles. The summed E-state index contributed by atoms with van der Waals surface area (Å²) in [6, 6.07) is 17.9. The van der Waals surface area contributed by atoms with Crippen LogP contribution in [0, 0.1) is 11.3 Å². The van der Waals surface area contributed by atoms with Crippen LogP contribution in [0.15, 0.2) is 66.2 Å². The molecule has 3 aromatic rings. The molecule has 0 radical (unpaired) electrons. The SMILES string of the molecule is CCOc1cc(C2/C(=C(\O)c3cc(C(C)(C)C)ccc3OC)C(=O)C(=O)N2c2ccc(C#N)cc2)ccc1OC. The van der Waals surface area contributed by atoms with Crippen LogP contribution in [0.3, 0.4) is 0 Å². The smallest absolute Gasteiger partial charge is 0.300 e. The van der Waals surface area contributed by atoms with Crippen molar-refractivity contribution < 1.29 is 28.9 Å². The highest BCUT2D eigenvalue weighted by Gasteiger charge is 2.47. The van der Waals surface area contributed by atoms with Crippen LogP contribution in [-0.4, -0.2) is 37.6 Å². The number of carbonyl (C=O) groups excluding carboxylic acids is 2. The molecule has 1 unspecified atom stereocenters. The number of aliphatic hydroxyl groups excluding tert-OH is 1. The normalized spacial score (nSPS) is 16.5. The zero-order valence-corrected chi connectivity index (χ0v) is 23.4. The molecule has 0 saturated carbocycles.